The van der Waals surface area contributed by atoms with Gasteiger partial charge in [-0.25, -0.2) is 13.8 Å². The van der Waals surface area contributed by atoms with E-state index < -0.39 is 11.6 Å². The molecule has 0 radical (unpaired) electrons. The number of phenols is 1. The molecule has 0 spiro atoms. The molecule has 2 N–H and O–H groups in total. The summed E-state index contributed by atoms with van der Waals surface area (Å²) in [6.45, 7) is 12.8. The van der Waals surface area contributed by atoms with Crippen LogP contribution in [0.4, 0.5) is 14.6 Å². The first-order valence-corrected chi connectivity index (χ1v) is 16.0. The van der Waals surface area contributed by atoms with Crippen LogP contribution in [0.3, 0.4) is 0 Å². The Kier molecular flexibility index (Phi) is 7.89. The molecular weight excluding hydrogens is 602 g/mol. The standard InChI is InChI=1S/C36H38F2N6O3/c1-6-25-27(37)11-8-21-14-24(45)15-26(28(21)25)31-30(38)32-29(34(40-31)46-5)33(44-16-22-9-10-23(17-44)39-22)42-35(41-32)47-19-36(4)18-43(7-2)13-12-20(36)3/h1,8,11,14-15,22-23,39,45H,3,7,9-10,12-13,16-19H2,2,4-5H3/t22-,23+,36-/m0/s1. The van der Waals surface area contributed by atoms with Crippen molar-refractivity contribution in [3.8, 4) is 41.2 Å². The van der Waals surface area contributed by atoms with Crippen molar-refractivity contribution >= 4 is 27.5 Å². The highest BCUT2D eigenvalue weighted by Crippen LogP contribution is 2.43. The van der Waals surface area contributed by atoms with Gasteiger partial charge in [-0.05, 0) is 49.4 Å². The quantitative estimate of drug-likeness (QED) is 0.203. The highest BCUT2D eigenvalue weighted by atomic mass is 19.1. The van der Waals surface area contributed by atoms with Gasteiger partial charge in [-0.1, -0.05) is 38.0 Å². The minimum Gasteiger partial charge on any atom is -0.508 e. The number of halogens is 2. The van der Waals surface area contributed by atoms with Gasteiger partial charge in [0.15, 0.2) is 5.82 Å². The number of nitrogens with one attached hydrogen (secondary N) is 1. The van der Waals surface area contributed by atoms with Crippen LogP contribution in [0.15, 0.2) is 36.4 Å². The normalized spacial score (nSPS) is 23.0. The molecule has 2 bridgehead atoms. The second-order valence-corrected chi connectivity index (χ2v) is 13.1. The van der Waals surface area contributed by atoms with Gasteiger partial charge < -0.3 is 29.7 Å². The summed E-state index contributed by atoms with van der Waals surface area (Å²) in [7, 11) is 1.45. The first-order valence-electron chi connectivity index (χ1n) is 16.0. The Morgan fingerprint density at radius 1 is 1.15 bits per heavy atom. The molecule has 9 nitrogen and oxygen atoms in total. The zero-order valence-corrected chi connectivity index (χ0v) is 26.9. The molecule has 47 heavy (non-hydrogen) atoms. The summed E-state index contributed by atoms with van der Waals surface area (Å²) in [5.41, 5.74) is 0.530. The second-order valence-electron chi connectivity index (χ2n) is 13.1. The van der Waals surface area contributed by atoms with Crippen molar-refractivity contribution in [2.45, 2.75) is 45.2 Å². The molecule has 11 heteroatoms. The first-order chi connectivity index (χ1) is 22.6. The molecule has 3 aliphatic rings. The number of piperazine rings is 1. The molecule has 0 saturated carbocycles. The number of aromatic nitrogens is 3. The highest BCUT2D eigenvalue weighted by molar-refractivity contribution is 6.04. The van der Waals surface area contributed by atoms with Gasteiger partial charge in [0.1, 0.15) is 40.6 Å². The molecule has 5 heterocycles. The molecule has 2 aromatic carbocycles. The number of phenolic OH excluding ortho intramolecular Hbond substituents is 1. The maximum absolute atomic E-state index is 17.0. The van der Waals surface area contributed by atoms with Gasteiger partial charge in [-0.15, -0.1) is 6.42 Å². The maximum atomic E-state index is 17.0. The topological polar surface area (TPSA) is 95.9 Å². The molecule has 7 rings (SSSR count). The number of terminal acetylenes is 1. The van der Waals surface area contributed by atoms with Crippen LogP contribution in [0.2, 0.25) is 0 Å². The third-order valence-electron chi connectivity index (χ3n) is 10.00. The van der Waals surface area contributed by atoms with E-state index in [2.05, 4.69) is 51.4 Å². The average Bonchev–Trinajstić information content (AvgIpc) is 3.41. The van der Waals surface area contributed by atoms with E-state index in [-0.39, 0.29) is 69.5 Å². The number of hydrogen-bond acceptors (Lipinski definition) is 9. The number of nitrogens with zero attached hydrogens (tertiary/aromatic N) is 5. The van der Waals surface area contributed by atoms with Crippen LogP contribution in [-0.2, 0) is 0 Å². The number of piperidine rings is 1. The Labute approximate surface area is 272 Å². The van der Waals surface area contributed by atoms with Crippen molar-refractivity contribution in [3.63, 3.8) is 0 Å². The highest BCUT2D eigenvalue weighted by Gasteiger charge is 2.37. The van der Waals surface area contributed by atoms with Crippen LogP contribution >= 0.6 is 0 Å². The van der Waals surface area contributed by atoms with E-state index in [1.165, 1.54) is 31.4 Å². The predicted molar refractivity (Wildman–Crippen MR) is 178 cm³/mol. The third-order valence-corrected chi connectivity index (χ3v) is 10.00. The summed E-state index contributed by atoms with van der Waals surface area (Å²) in [4.78, 5) is 18.6. The van der Waals surface area contributed by atoms with Crippen LogP contribution in [0.5, 0.6) is 17.6 Å². The van der Waals surface area contributed by atoms with Gasteiger partial charge in [-0.2, -0.15) is 9.97 Å². The average molecular weight is 641 g/mol. The monoisotopic (exact) mass is 640 g/mol. The summed E-state index contributed by atoms with van der Waals surface area (Å²) in [5.74, 6) is 1.34. The summed E-state index contributed by atoms with van der Waals surface area (Å²) in [6, 6.07) is 6.03. The minimum absolute atomic E-state index is 0.0234. The molecule has 0 aliphatic carbocycles. The number of rotatable bonds is 7. The van der Waals surface area contributed by atoms with E-state index in [1.807, 2.05) is 0 Å². The number of fused-ring (bicyclic) bond motifs is 4. The zero-order valence-electron chi connectivity index (χ0n) is 26.9. The summed E-state index contributed by atoms with van der Waals surface area (Å²) >= 11 is 0. The molecule has 244 valence electrons. The van der Waals surface area contributed by atoms with E-state index in [9.17, 15) is 9.50 Å². The van der Waals surface area contributed by atoms with Crippen LogP contribution in [0, 0.1) is 29.4 Å². The molecule has 3 atom stereocenters. The van der Waals surface area contributed by atoms with Crippen LogP contribution in [0.25, 0.3) is 32.9 Å². The number of likely N-dealkylation sites (tertiary alicyclic amines) is 1. The molecule has 0 amide bonds. The van der Waals surface area contributed by atoms with E-state index >= 15 is 4.39 Å². The lowest BCUT2D eigenvalue weighted by Crippen LogP contribution is -2.51. The largest absolute Gasteiger partial charge is 0.508 e. The Morgan fingerprint density at radius 2 is 1.91 bits per heavy atom. The smallest absolute Gasteiger partial charge is 0.319 e. The lowest BCUT2D eigenvalue weighted by atomic mass is 9.78. The van der Waals surface area contributed by atoms with E-state index in [0.29, 0.717) is 29.7 Å². The molecule has 4 aromatic rings. The fourth-order valence-corrected chi connectivity index (χ4v) is 7.37. The summed E-state index contributed by atoms with van der Waals surface area (Å²) in [6.07, 6.45) is 8.65. The molecule has 0 unspecified atom stereocenters. The summed E-state index contributed by atoms with van der Waals surface area (Å²) in [5, 5.41) is 15.2. The maximum Gasteiger partial charge on any atom is 0.319 e. The van der Waals surface area contributed by atoms with E-state index in [0.717, 1.165) is 44.5 Å². The molecule has 2 aromatic heterocycles. The van der Waals surface area contributed by atoms with Gasteiger partial charge >= 0.3 is 6.01 Å². The molecular formula is C36H38F2N6O3. The fourth-order valence-electron chi connectivity index (χ4n) is 7.37. The third kappa shape index (κ3) is 5.39. The fraction of sp³-hybridized carbons (Fsp3) is 0.417. The Hall–Kier alpha value is -4.53. The van der Waals surface area contributed by atoms with Crippen LogP contribution in [-0.4, -0.2) is 83.5 Å². The molecule has 3 saturated heterocycles. The Balaban J connectivity index is 1.42. The lowest BCUT2D eigenvalue weighted by Gasteiger charge is -2.41. The van der Waals surface area contributed by atoms with Crippen LogP contribution in [0.1, 0.15) is 38.7 Å². The second kappa shape index (κ2) is 11.9. The van der Waals surface area contributed by atoms with Crippen molar-refractivity contribution in [1.29, 1.82) is 0 Å². The van der Waals surface area contributed by atoms with Gasteiger partial charge in [0.2, 0.25) is 5.88 Å². The molecule has 3 fully saturated rings. The van der Waals surface area contributed by atoms with Crippen molar-refractivity contribution < 1.29 is 23.4 Å². The minimum atomic E-state index is -0.794. The first kappa shape index (κ1) is 31.1. The number of anilines is 1. The van der Waals surface area contributed by atoms with Crippen LogP contribution < -0.4 is 19.7 Å². The van der Waals surface area contributed by atoms with Crippen molar-refractivity contribution in [2.24, 2.45) is 5.41 Å². The number of methoxy groups -OCH3 is 1. The van der Waals surface area contributed by atoms with Gasteiger partial charge in [-0.3, -0.25) is 0 Å². The zero-order chi connectivity index (χ0) is 33.0. The van der Waals surface area contributed by atoms with E-state index in [1.54, 1.807) is 0 Å². The number of aromatic hydroxyl groups is 1. The molecule has 3 aliphatic heterocycles. The number of pyridine rings is 1. The number of ether oxygens (including phenoxy) is 2. The van der Waals surface area contributed by atoms with E-state index in [4.69, 9.17) is 20.9 Å². The van der Waals surface area contributed by atoms with Gasteiger partial charge in [0, 0.05) is 54.6 Å². The SMILES string of the molecule is C#Cc1c(F)ccc2cc(O)cc(-c3nc(OC)c4c(N5C[C@H]6CC[C@@H](C5)N6)nc(OC[C@]5(C)CN(CC)CCC5=C)nc4c3F)c12. The lowest BCUT2D eigenvalue weighted by molar-refractivity contribution is 0.0998. The number of benzene rings is 2. The Bertz CT molecular complexity index is 1950. The predicted octanol–water partition coefficient (Wildman–Crippen LogP) is 5.43. The summed E-state index contributed by atoms with van der Waals surface area (Å²) < 4.78 is 44.1. The number of hydrogen-bond donors (Lipinski definition) is 2. The van der Waals surface area contributed by atoms with Crippen molar-refractivity contribution in [2.75, 3.05) is 51.3 Å². The Morgan fingerprint density at radius 3 is 2.62 bits per heavy atom. The van der Waals surface area contributed by atoms with Crippen molar-refractivity contribution in [3.05, 3.63) is 53.6 Å². The van der Waals surface area contributed by atoms with Gasteiger partial charge in [0.25, 0.3) is 0 Å². The van der Waals surface area contributed by atoms with Gasteiger partial charge in [0.05, 0.1) is 12.7 Å². The van der Waals surface area contributed by atoms with Crippen molar-refractivity contribution in [1.82, 2.24) is 25.2 Å².